The molecule has 2 aromatic rings. The predicted octanol–water partition coefficient (Wildman–Crippen LogP) is 3.26. The Kier molecular flexibility index (Phi) is 4.15. The number of H-pyrrole nitrogens is 1. The number of rotatable bonds is 2. The highest BCUT2D eigenvalue weighted by molar-refractivity contribution is 7.71. The third-order valence-electron chi connectivity index (χ3n) is 2.49. The smallest absolute Gasteiger partial charge is 0.413 e. The summed E-state index contributed by atoms with van der Waals surface area (Å²) in [6.45, 7) is 7.27. The summed E-state index contributed by atoms with van der Waals surface area (Å²) in [5.74, 6) is 0.687. The second-order valence-electron chi connectivity index (χ2n) is 5.47. The molecular weight excluding hydrogens is 310 g/mol. The van der Waals surface area contributed by atoms with Crippen molar-refractivity contribution in [3.8, 4) is 10.7 Å². The van der Waals surface area contributed by atoms with Gasteiger partial charge in [-0.3, -0.25) is 10.4 Å². The summed E-state index contributed by atoms with van der Waals surface area (Å²) >= 11 is 6.41. The molecule has 0 aliphatic heterocycles. The van der Waals surface area contributed by atoms with Crippen molar-refractivity contribution in [1.29, 1.82) is 0 Å². The van der Waals surface area contributed by atoms with Gasteiger partial charge in [-0.2, -0.15) is 5.10 Å². The van der Waals surface area contributed by atoms with Crippen molar-refractivity contribution in [2.24, 2.45) is 7.05 Å². The number of aryl methyl sites for hydroxylation is 1. The second kappa shape index (κ2) is 5.57. The molecule has 0 bridgehead atoms. The van der Waals surface area contributed by atoms with Crippen LogP contribution in [0.25, 0.3) is 10.7 Å². The Morgan fingerprint density at radius 1 is 1.48 bits per heavy atom. The van der Waals surface area contributed by atoms with E-state index in [2.05, 4.69) is 20.5 Å². The summed E-state index contributed by atoms with van der Waals surface area (Å²) in [5, 5.41) is 9.99. The Morgan fingerprint density at radius 3 is 2.67 bits per heavy atom. The SMILES string of the molecule is Cc1nc(NC(=O)OC(C)(C)C)sc1-c1n[nH]c(=S)n1C. The zero-order valence-electron chi connectivity index (χ0n) is 12.5. The van der Waals surface area contributed by atoms with E-state index in [1.807, 2.05) is 14.0 Å². The third kappa shape index (κ3) is 3.67. The van der Waals surface area contributed by atoms with E-state index in [1.54, 1.807) is 25.3 Å². The van der Waals surface area contributed by atoms with Crippen LogP contribution in [0.1, 0.15) is 26.5 Å². The number of hydrogen-bond donors (Lipinski definition) is 2. The van der Waals surface area contributed by atoms with Gasteiger partial charge in [-0.25, -0.2) is 9.78 Å². The topological polar surface area (TPSA) is 84.8 Å². The number of amides is 1. The van der Waals surface area contributed by atoms with Gasteiger partial charge in [0.15, 0.2) is 15.7 Å². The van der Waals surface area contributed by atoms with Crippen LogP contribution in [0, 0.1) is 11.7 Å². The van der Waals surface area contributed by atoms with Crippen molar-refractivity contribution in [3.05, 3.63) is 10.5 Å². The Hall–Kier alpha value is -1.74. The van der Waals surface area contributed by atoms with Crippen molar-refractivity contribution in [3.63, 3.8) is 0 Å². The summed E-state index contributed by atoms with van der Waals surface area (Å²) in [7, 11) is 1.82. The lowest BCUT2D eigenvalue weighted by Crippen LogP contribution is -2.27. The van der Waals surface area contributed by atoms with E-state index in [4.69, 9.17) is 17.0 Å². The van der Waals surface area contributed by atoms with Gasteiger partial charge < -0.3 is 9.30 Å². The quantitative estimate of drug-likeness (QED) is 0.827. The van der Waals surface area contributed by atoms with E-state index in [0.29, 0.717) is 15.7 Å². The first-order chi connectivity index (χ1) is 9.67. The Bertz CT molecular complexity index is 723. The van der Waals surface area contributed by atoms with Crippen LogP contribution >= 0.6 is 23.6 Å². The number of aromatic nitrogens is 4. The highest BCUT2D eigenvalue weighted by Gasteiger charge is 2.19. The van der Waals surface area contributed by atoms with Gasteiger partial charge in [0.05, 0.1) is 10.6 Å². The van der Waals surface area contributed by atoms with Crippen LogP contribution < -0.4 is 5.32 Å². The molecule has 114 valence electrons. The molecule has 0 spiro atoms. The predicted molar refractivity (Wildman–Crippen MR) is 84.1 cm³/mol. The number of anilines is 1. The molecule has 9 heteroatoms. The molecule has 0 unspecified atom stereocenters. The fraction of sp³-hybridized carbons (Fsp3) is 0.500. The largest absolute Gasteiger partial charge is 0.444 e. The molecule has 2 aromatic heterocycles. The number of nitrogens with zero attached hydrogens (tertiary/aromatic N) is 3. The maximum atomic E-state index is 11.7. The standard InChI is InChI=1S/C12H17N5O2S2/c1-6-7(8-15-16-10(20)17(8)5)21-9(13-6)14-11(18)19-12(2,3)4/h1-5H3,(H,16,20)(H,13,14,18). The van der Waals surface area contributed by atoms with Crippen molar-refractivity contribution >= 4 is 34.8 Å². The highest BCUT2D eigenvalue weighted by atomic mass is 32.1. The zero-order chi connectivity index (χ0) is 15.8. The molecular formula is C12H17N5O2S2. The van der Waals surface area contributed by atoms with Gasteiger partial charge in [-0.1, -0.05) is 11.3 Å². The van der Waals surface area contributed by atoms with E-state index >= 15 is 0 Å². The molecule has 0 radical (unpaired) electrons. The van der Waals surface area contributed by atoms with E-state index in [1.165, 1.54) is 11.3 Å². The molecule has 2 heterocycles. The minimum atomic E-state index is -0.551. The van der Waals surface area contributed by atoms with Crippen LogP contribution in [0.3, 0.4) is 0 Å². The van der Waals surface area contributed by atoms with Gasteiger partial charge in [0, 0.05) is 7.05 Å². The van der Waals surface area contributed by atoms with Crippen LogP contribution in [0.15, 0.2) is 0 Å². The molecule has 7 nitrogen and oxygen atoms in total. The lowest BCUT2D eigenvalue weighted by atomic mass is 10.2. The van der Waals surface area contributed by atoms with Crippen molar-refractivity contribution in [2.45, 2.75) is 33.3 Å². The maximum absolute atomic E-state index is 11.7. The molecule has 0 saturated carbocycles. The van der Waals surface area contributed by atoms with Gasteiger partial charge in [0.25, 0.3) is 0 Å². The summed E-state index contributed by atoms with van der Waals surface area (Å²) in [6.07, 6.45) is -0.529. The molecule has 21 heavy (non-hydrogen) atoms. The van der Waals surface area contributed by atoms with Crippen molar-refractivity contribution < 1.29 is 9.53 Å². The number of thiazole rings is 1. The van der Waals surface area contributed by atoms with Crippen LogP contribution in [-0.4, -0.2) is 31.4 Å². The lowest BCUT2D eigenvalue weighted by Gasteiger charge is -2.18. The first-order valence-electron chi connectivity index (χ1n) is 6.26. The number of carbonyl (C=O) groups is 1. The average Bonchev–Trinajstić information content (AvgIpc) is 2.81. The molecule has 0 fully saturated rings. The third-order valence-corrected chi connectivity index (χ3v) is 3.92. The van der Waals surface area contributed by atoms with Gasteiger partial charge in [0.1, 0.15) is 5.60 Å². The van der Waals surface area contributed by atoms with E-state index in [0.717, 1.165) is 10.6 Å². The number of aromatic amines is 1. The van der Waals surface area contributed by atoms with E-state index in [-0.39, 0.29) is 0 Å². The van der Waals surface area contributed by atoms with Gasteiger partial charge in [0.2, 0.25) is 0 Å². The second-order valence-corrected chi connectivity index (χ2v) is 6.86. The molecule has 0 aromatic carbocycles. The zero-order valence-corrected chi connectivity index (χ0v) is 14.1. The lowest BCUT2D eigenvalue weighted by molar-refractivity contribution is 0.0636. The monoisotopic (exact) mass is 327 g/mol. The summed E-state index contributed by atoms with van der Waals surface area (Å²) in [5.41, 5.74) is 0.216. The Balaban J connectivity index is 2.22. The highest BCUT2D eigenvalue weighted by Crippen LogP contribution is 2.31. The summed E-state index contributed by atoms with van der Waals surface area (Å²) in [6, 6.07) is 0. The molecule has 1 amide bonds. The maximum Gasteiger partial charge on any atom is 0.413 e. The Labute approximate surface area is 131 Å². The normalized spacial score (nSPS) is 11.5. The van der Waals surface area contributed by atoms with E-state index in [9.17, 15) is 4.79 Å². The number of hydrogen-bond acceptors (Lipinski definition) is 6. The number of nitrogens with one attached hydrogen (secondary N) is 2. The molecule has 0 atom stereocenters. The van der Waals surface area contributed by atoms with Gasteiger partial charge in [-0.05, 0) is 39.9 Å². The average molecular weight is 327 g/mol. The fourth-order valence-electron chi connectivity index (χ4n) is 1.60. The van der Waals surface area contributed by atoms with E-state index < -0.39 is 11.7 Å². The molecule has 2 rings (SSSR count). The molecule has 0 saturated heterocycles. The fourth-order valence-corrected chi connectivity index (χ4v) is 2.71. The minimum absolute atomic E-state index is 0.464. The first kappa shape index (κ1) is 15.6. The van der Waals surface area contributed by atoms with Crippen molar-refractivity contribution in [1.82, 2.24) is 19.7 Å². The van der Waals surface area contributed by atoms with Crippen LogP contribution in [0.4, 0.5) is 9.93 Å². The van der Waals surface area contributed by atoms with Crippen LogP contribution in [0.2, 0.25) is 0 Å². The summed E-state index contributed by atoms with van der Waals surface area (Å²) < 4.78 is 7.48. The molecule has 2 N–H and O–H groups in total. The number of carbonyl (C=O) groups excluding carboxylic acids is 1. The first-order valence-corrected chi connectivity index (χ1v) is 7.49. The van der Waals surface area contributed by atoms with Gasteiger partial charge >= 0.3 is 6.09 Å². The number of ether oxygens (including phenoxy) is 1. The van der Waals surface area contributed by atoms with Crippen LogP contribution in [-0.2, 0) is 11.8 Å². The minimum Gasteiger partial charge on any atom is -0.444 e. The van der Waals surface area contributed by atoms with Crippen molar-refractivity contribution in [2.75, 3.05) is 5.32 Å². The Morgan fingerprint density at radius 2 is 2.14 bits per heavy atom. The molecule has 0 aliphatic carbocycles. The van der Waals surface area contributed by atoms with Crippen LogP contribution in [0.5, 0.6) is 0 Å². The summed E-state index contributed by atoms with van der Waals surface area (Å²) in [4.78, 5) is 16.9. The van der Waals surface area contributed by atoms with Gasteiger partial charge in [-0.15, -0.1) is 0 Å². The molecule has 0 aliphatic rings.